The molecule has 1 atom stereocenters. The number of hydrogen-bond donors (Lipinski definition) is 2. The fourth-order valence-corrected chi connectivity index (χ4v) is 1.72. The third kappa shape index (κ3) is 5.59. The number of aldehydes is 1. The summed E-state index contributed by atoms with van der Waals surface area (Å²) in [4.78, 5) is 22.6. The van der Waals surface area contributed by atoms with Crippen LogP contribution in [-0.4, -0.2) is 24.8 Å². The molecule has 0 radical (unpaired) electrons. The molecule has 0 spiro atoms. The lowest BCUT2D eigenvalue weighted by molar-refractivity contribution is -0.123. The first-order valence-corrected chi connectivity index (χ1v) is 6.25. The van der Waals surface area contributed by atoms with E-state index in [0.29, 0.717) is 19.4 Å². The largest absolute Gasteiger partial charge is 0.346 e. The Hall–Kier alpha value is -1.68. The van der Waals surface area contributed by atoms with Gasteiger partial charge in [-0.25, -0.2) is 0 Å². The van der Waals surface area contributed by atoms with Gasteiger partial charge in [0.1, 0.15) is 6.29 Å². The summed E-state index contributed by atoms with van der Waals surface area (Å²) >= 11 is 0. The summed E-state index contributed by atoms with van der Waals surface area (Å²) in [6, 6.07) is 9.08. The van der Waals surface area contributed by atoms with E-state index in [-0.39, 0.29) is 5.91 Å². The molecular weight excluding hydrogens is 228 g/mol. The third-order valence-corrected chi connectivity index (χ3v) is 2.69. The highest BCUT2D eigenvalue weighted by atomic mass is 16.2. The van der Waals surface area contributed by atoms with Crippen LogP contribution in [0, 0.1) is 0 Å². The molecule has 0 unspecified atom stereocenters. The Balaban J connectivity index is 2.35. The lowest BCUT2D eigenvalue weighted by Crippen LogP contribution is -2.37. The number of carbonyl (C=O) groups is 2. The minimum absolute atomic E-state index is 0.119. The van der Waals surface area contributed by atoms with E-state index in [4.69, 9.17) is 5.73 Å². The van der Waals surface area contributed by atoms with Crippen molar-refractivity contribution in [2.24, 2.45) is 5.73 Å². The molecule has 0 aliphatic heterocycles. The Kier molecular flexibility index (Phi) is 6.72. The fourth-order valence-electron chi connectivity index (χ4n) is 1.72. The van der Waals surface area contributed by atoms with E-state index in [9.17, 15) is 9.59 Å². The molecule has 0 bridgehead atoms. The van der Waals surface area contributed by atoms with Crippen molar-refractivity contribution in [2.45, 2.75) is 31.7 Å². The van der Waals surface area contributed by atoms with Crippen molar-refractivity contribution in [3.8, 4) is 0 Å². The maximum absolute atomic E-state index is 11.7. The third-order valence-electron chi connectivity index (χ3n) is 2.69. The van der Waals surface area contributed by atoms with E-state index >= 15 is 0 Å². The van der Waals surface area contributed by atoms with Crippen molar-refractivity contribution >= 4 is 12.2 Å². The summed E-state index contributed by atoms with van der Waals surface area (Å²) < 4.78 is 0. The van der Waals surface area contributed by atoms with Gasteiger partial charge in [-0.15, -0.1) is 0 Å². The number of nitrogens with one attached hydrogen (secondary N) is 1. The van der Waals surface area contributed by atoms with Gasteiger partial charge in [-0.1, -0.05) is 30.3 Å². The average Bonchev–Trinajstić information content (AvgIpc) is 2.39. The minimum atomic E-state index is -0.396. The van der Waals surface area contributed by atoms with Gasteiger partial charge in [-0.2, -0.15) is 0 Å². The summed E-state index contributed by atoms with van der Waals surface area (Å²) in [5.74, 6) is -0.119. The summed E-state index contributed by atoms with van der Waals surface area (Å²) in [5, 5.41) is 2.73. The van der Waals surface area contributed by atoms with E-state index in [1.165, 1.54) is 0 Å². The highest BCUT2D eigenvalue weighted by molar-refractivity contribution is 5.81. The smallest absolute Gasteiger partial charge is 0.224 e. The molecule has 4 heteroatoms. The van der Waals surface area contributed by atoms with Crippen molar-refractivity contribution in [2.75, 3.05) is 6.54 Å². The van der Waals surface area contributed by atoms with Crippen molar-refractivity contribution in [1.29, 1.82) is 0 Å². The number of rotatable bonds is 8. The molecule has 0 aliphatic rings. The summed E-state index contributed by atoms with van der Waals surface area (Å²) in [6.07, 6.45) is 3.48. The van der Waals surface area contributed by atoms with E-state index in [1.54, 1.807) is 0 Å². The van der Waals surface area contributed by atoms with Gasteiger partial charge in [-0.05, 0) is 31.4 Å². The molecule has 0 aromatic heterocycles. The lowest BCUT2D eigenvalue weighted by Gasteiger charge is -2.12. The number of nitrogens with two attached hydrogens (primary N) is 1. The molecule has 1 rings (SSSR count). The standard InChI is InChI=1S/C14H20N2O2/c15-9-5-4-8-13(11-17)16-14(18)10-12-6-2-1-3-7-12/h1-3,6-7,11,13H,4-5,8-10,15H2,(H,16,18)/t13-/m0/s1. The first kappa shape index (κ1) is 14.4. The van der Waals surface area contributed by atoms with Gasteiger partial charge >= 0.3 is 0 Å². The van der Waals surface area contributed by atoms with E-state index < -0.39 is 6.04 Å². The van der Waals surface area contributed by atoms with Crippen LogP contribution in [0.25, 0.3) is 0 Å². The van der Waals surface area contributed by atoms with Crippen LogP contribution in [0.2, 0.25) is 0 Å². The SMILES string of the molecule is NCCCC[C@@H](C=O)NC(=O)Cc1ccccc1. The molecule has 98 valence electrons. The van der Waals surface area contributed by atoms with Crippen LogP contribution < -0.4 is 11.1 Å². The second kappa shape index (κ2) is 8.42. The Morgan fingerprint density at radius 2 is 2.00 bits per heavy atom. The van der Waals surface area contributed by atoms with Crippen LogP contribution in [0.3, 0.4) is 0 Å². The number of hydrogen-bond acceptors (Lipinski definition) is 3. The summed E-state index contributed by atoms with van der Waals surface area (Å²) in [7, 11) is 0. The number of carbonyl (C=O) groups excluding carboxylic acids is 2. The van der Waals surface area contributed by atoms with Crippen LogP contribution in [0.1, 0.15) is 24.8 Å². The molecule has 0 saturated heterocycles. The predicted octanol–water partition coefficient (Wildman–Crippen LogP) is 1.04. The molecule has 4 nitrogen and oxygen atoms in total. The fraction of sp³-hybridized carbons (Fsp3) is 0.429. The van der Waals surface area contributed by atoms with Crippen molar-refractivity contribution in [3.05, 3.63) is 35.9 Å². The van der Waals surface area contributed by atoms with Gasteiger partial charge < -0.3 is 15.8 Å². The van der Waals surface area contributed by atoms with Gasteiger partial charge in [0.15, 0.2) is 0 Å². The maximum atomic E-state index is 11.7. The zero-order valence-corrected chi connectivity index (χ0v) is 10.5. The van der Waals surface area contributed by atoms with Crippen LogP contribution in [0.4, 0.5) is 0 Å². The van der Waals surface area contributed by atoms with Gasteiger partial charge in [0, 0.05) is 0 Å². The van der Waals surface area contributed by atoms with Gasteiger partial charge in [0.2, 0.25) is 5.91 Å². The van der Waals surface area contributed by atoms with Crippen LogP contribution in [0.5, 0.6) is 0 Å². The van der Waals surface area contributed by atoms with Crippen LogP contribution in [-0.2, 0) is 16.0 Å². The van der Waals surface area contributed by atoms with Crippen molar-refractivity contribution < 1.29 is 9.59 Å². The first-order chi connectivity index (χ1) is 8.76. The molecule has 0 saturated carbocycles. The van der Waals surface area contributed by atoms with Crippen LogP contribution >= 0.6 is 0 Å². The number of benzene rings is 1. The topological polar surface area (TPSA) is 72.2 Å². The summed E-state index contributed by atoms with van der Waals surface area (Å²) in [6.45, 7) is 0.615. The molecule has 1 aromatic carbocycles. The molecule has 0 aliphatic carbocycles. The Bertz CT molecular complexity index is 365. The van der Waals surface area contributed by atoms with E-state index in [1.807, 2.05) is 30.3 Å². The number of amides is 1. The first-order valence-electron chi connectivity index (χ1n) is 6.25. The predicted molar refractivity (Wildman–Crippen MR) is 71.0 cm³/mol. The summed E-state index contributed by atoms with van der Waals surface area (Å²) in [5.41, 5.74) is 6.33. The monoisotopic (exact) mass is 248 g/mol. The molecule has 0 heterocycles. The molecule has 0 fully saturated rings. The highest BCUT2D eigenvalue weighted by Crippen LogP contribution is 2.02. The molecule has 1 amide bonds. The maximum Gasteiger partial charge on any atom is 0.224 e. The highest BCUT2D eigenvalue weighted by Gasteiger charge is 2.11. The molecule has 18 heavy (non-hydrogen) atoms. The normalized spacial score (nSPS) is 11.8. The van der Waals surface area contributed by atoms with Gasteiger partial charge in [-0.3, -0.25) is 4.79 Å². The lowest BCUT2D eigenvalue weighted by atomic mass is 10.1. The Morgan fingerprint density at radius 1 is 1.28 bits per heavy atom. The zero-order chi connectivity index (χ0) is 13.2. The Labute approximate surface area is 108 Å². The minimum Gasteiger partial charge on any atom is -0.346 e. The molecular formula is C14H20N2O2. The van der Waals surface area contributed by atoms with Gasteiger partial charge in [0.05, 0.1) is 12.5 Å². The second-order valence-electron chi connectivity index (χ2n) is 4.26. The zero-order valence-electron chi connectivity index (χ0n) is 10.5. The van der Waals surface area contributed by atoms with E-state index in [2.05, 4.69) is 5.32 Å². The van der Waals surface area contributed by atoms with E-state index in [0.717, 1.165) is 24.7 Å². The Morgan fingerprint density at radius 3 is 2.61 bits per heavy atom. The van der Waals surface area contributed by atoms with Crippen LogP contribution in [0.15, 0.2) is 30.3 Å². The van der Waals surface area contributed by atoms with Gasteiger partial charge in [0.25, 0.3) is 0 Å². The molecule has 1 aromatic rings. The van der Waals surface area contributed by atoms with Crippen molar-refractivity contribution in [3.63, 3.8) is 0 Å². The molecule has 3 N–H and O–H groups in total. The second-order valence-corrected chi connectivity index (χ2v) is 4.26. The quantitative estimate of drug-likeness (QED) is 0.533. The van der Waals surface area contributed by atoms with Crippen molar-refractivity contribution in [1.82, 2.24) is 5.32 Å². The average molecular weight is 248 g/mol. The number of unbranched alkanes of at least 4 members (excludes halogenated alkanes) is 1.